The van der Waals surface area contributed by atoms with Crippen LogP contribution >= 0.6 is 0 Å². The predicted octanol–water partition coefficient (Wildman–Crippen LogP) is 9.67. The molecule has 0 aromatic carbocycles. The Labute approximate surface area is 213 Å². The first-order valence-electron chi connectivity index (χ1n) is 15.3. The highest BCUT2D eigenvalue weighted by molar-refractivity contribution is 5.98. The number of Topliss-reactive ketones (excluding diaryl/α,β-unsaturated/α-hetero) is 2. The van der Waals surface area contributed by atoms with Crippen molar-refractivity contribution in [1.82, 2.24) is 0 Å². The molecule has 1 unspecified atom stereocenters. The Morgan fingerprint density at radius 2 is 0.765 bits per heavy atom. The van der Waals surface area contributed by atoms with Crippen molar-refractivity contribution in [3.05, 3.63) is 0 Å². The van der Waals surface area contributed by atoms with Crippen LogP contribution in [0.25, 0.3) is 0 Å². The highest BCUT2D eigenvalue weighted by Crippen LogP contribution is 2.15. The van der Waals surface area contributed by atoms with E-state index in [1.165, 1.54) is 96.3 Å². The number of unbranched alkanes of at least 4 members (excludes halogenated alkanes) is 18. The van der Waals surface area contributed by atoms with Gasteiger partial charge >= 0.3 is 0 Å². The lowest BCUT2D eigenvalue weighted by Crippen LogP contribution is -2.08. The van der Waals surface area contributed by atoms with E-state index >= 15 is 0 Å². The number of rotatable bonds is 28. The molecule has 0 aliphatic carbocycles. The van der Waals surface area contributed by atoms with Gasteiger partial charge in [0.05, 0.1) is 12.5 Å². The molecule has 202 valence electrons. The monoisotopic (exact) mass is 480 g/mol. The smallest absolute Gasteiger partial charge is 0.140 e. The van der Waals surface area contributed by atoms with Crippen molar-refractivity contribution < 1.29 is 14.7 Å². The van der Waals surface area contributed by atoms with Gasteiger partial charge in [-0.05, 0) is 25.7 Å². The van der Waals surface area contributed by atoms with Gasteiger partial charge in [0, 0.05) is 12.8 Å². The first kappa shape index (κ1) is 33.3. The van der Waals surface area contributed by atoms with Crippen molar-refractivity contribution in [3.8, 4) is 0 Å². The van der Waals surface area contributed by atoms with Crippen LogP contribution in [0, 0.1) is 0 Å². The molecule has 1 N–H and O–H groups in total. The fraction of sp³-hybridized carbons (Fsp3) is 0.935. The average molecular weight is 481 g/mol. The molecular formula is C31H60O3. The molecule has 34 heavy (non-hydrogen) atoms. The SMILES string of the molecule is CCCCCCCCCCCCCCCC(=O)CC(=O)CCCCCC(O)CCCCCCC. The molecule has 0 saturated heterocycles. The molecule has 3 nitrogen and oxygen atoms in total. The number of carbonyl (C=O) groups is 2. The van der Waals surface area contributed by atoms with E-state index in [2.05, 4.69) is 13.8 Å². The maximum atomic E-state index is 12.0. The van der Waals surface area contributed by atoms with Gasteiger partial charge in [0.25, 0.3) is 0 Å². The number of ketones is 2. The summed E-state index contributed by atoms with van der Waals surface area (Å²) >= 11 is 0. The van der Waals surface area contributed by atoms with Gasteiger partial charge in [-0.3, -0.25) is 9.59 Å². The van der Waals surface area contributed by atoms with E-state index in [0.29, 0.717) is 12.8 Å². The summed E-state index contributed by atoms with van der Waals surface area (Å²) in [5.74, 6) is 0.239. The molecule has 0 spiro atoms. The van der Waals surface area contributed by atoms with Crippen LogP contribution in [0.15, 0.2) is 0 Å². The van der Waals surface area contributed by atoms with E-state index in [4.69, 9.17) is 0 Å². The van der Waals surface area contributed by atoms with E-state index in [1.807, 2.05) is 0 Å². The standard InChI is InChI=1S/C31H60O3/c1-3-5-7-9-10-11-12-13-14-15-16-18-21-26-30(33)28-31(34)27-23-19-22-25-29(32)24-20-17-8-6-4-2/h29,32H,3-28H2,1-2H3. The van der Waals surface area contributed by atoms with Crippen LogP contribution in [-0.4, -0.2) is 22.8 Å². The summed E-state index contributed by atoms with van der Waals surface area (Å²) in [5, 5.41) is 10.0. The van der Waals surface area contributed by atoms with Crippen LogP contribution in [0.4, 0.5) is 0 Å². The normalized spacial score (nSPS) is 12.2. The van der Waals surface area contributed by atoms with Crippen molar-refractivity contribution in [3.63, 3.8) is 0 Å². The fourth-order valence-electron chi connectivity index (χ4n) is 4.74. The molecule has 0 saturated carbocycles. The van der Waals surface area contributed by atoms with Crippen LogP contribution in [0.3, 0.4) is 0 Å². The molecule has 1 atom stereocenters. The topological polar surface area (TPSA) is 54.4 Å². The Kier molecular flexibility index (Phi) is 26.3. The summed E-state index contributed by atoms with van der Waals surface area (Å²) in [4.78, 5) is 24.1. The fourth-order valence-corrected chi connectivity index (χ4v) is 4.74. The molecular weight excluding hydrogens is 420 g/mol. The highest BCUT2D eigenvalue weighted by atomic mass is 16.3. The number of carbonyl (C=O) groups excluding carboxylic acids is 2. The van der Waals surface area contributed by atoms with Gasteiger partial charge < -0.3 is 5.11 Å². The summed E-state index contributed by atoms with van der Waals surface area (Å²) in [7, 11) is 0. The van der Waals surface area contributed by atoms with Gasteiger partial charge in [0.2, 0.25) is 0 Å². The number of aliphatic hydroxyl groups excluding tert-OH is 1. The molecule has 0 rings (SSSR count). The Hall–Kier alpha value is -0.700. The van der Waals surface area contributed by atoms with Crippen molar-refractivity contribution >= 4 is 11.6 Å². The average Bonchev–Trinajstić information content (AvgIpc) is 2.81. The van der Waals surface area contributed by atoms with Crippen LogP contribution in [-0.2, 0) is 9.59 Å². The van der Waals surface area contributed by atoms with Crippen LogP contribution in [0.2, 0.25) is 0 Å². The second kappa shape index (κ2) is 26.9. The van der Waals surface area contributed by atoms with Crippen molar-refractivity contribution in [2.75, 3.05) is 0 Å². The minimum absolute atomic E-state index is 0.108. The third-order valence-corrected chi connectivity index (χ3v) is 7.09. The molecule has 0 fully saturated rings. The zero-order chi connectivity index (χ0) is 25.1. The van der Waals surface area contributed by atoms with Crippen molar-refractivity contribution in [2.45, 2.75) is 187 Å². The van der Waals surface area contributed by atoms with Crippen LogP contribution < -0.4 is 0 Å². The first-order valence-corrected chi connectivity index (χ1v) is 15.3. The minimum Gasteiger partial charge on any atom is -0.393 e. The zero-order valence-corrected chi connectivity index (χ0v) is 23.2. The lowest BCUT2D eigenvalue weighted by molar-refractivity contribution is -0.127. The molecule has 0 aromatic heterocycles. The Morgan fingerprint density at radius 1 is 0.471 bits per heavy atom. The van der Waals surface area contributed by atoms with Crippen LogP contribution in [0.5, 0.6) is 0 Å². The summed E-state index contributed by atoms with van der Waals surface area (Å²) in [5.41, 5.74) is 0. The second-order valence-corrected chi connectivity index (χ2v) is 10.7. The summed E-state index contributed by atoms with van der Waals surface area (Å²) < 4.78 is 0. The van der Waals surface area contributed by atoms with Gasteiger partial charge in [-0.15, -0.1) is 0 Å². The Balaban J connectivity index is 3.39. The van der Waals surface area contributed by atoms with E-state index < -0.39 is 0 Å². The summed E-state index contributed by atoms with van der Waals surface area (Å²) in [6.07, 6.45) is 28.8. The van der Waals surface area contributed by atoms with Crippen molar-refractivity contribution in [1.29, 1.82) is 0 Å². The summed E-state index contributed by atoms with van der Waals surface area (Å²) in [6, 6.07) is 0. The third kappa shape index (κ3) is 25.9. The lowest BCUT2D eigenvalue weighted by atomic mass is 10.0. The molecule has 0 radical (unpaired) electrons. The number of hydrogen-bond donors (Lipinski definition) is 1. The lowest BCUT2D eigenvalue weighted by Gasteiger charge is -2.10. The Morgan fingerprint density at radius 3 is 1.15 bits per heavy atom. The molecule has 0 bridgehead atoms. The Bertz CT molecular complexity index is 446. The van der Waals surface area contributed by atoms with Gasteiger partial charge in [0.1, 0.15) is 11.6 Å². The zero-order valence-electron chi connectivity index (χ0n) is 23.2. The number of hydrogen-bond acceptors (Lipinski definition) is 3. The minimum atomic E-state index is -0.181. The maximum absolute atomic E-state index is 12.0. The number of aliphatic hydroxyl groups is 1. The van der Waals surface area contributed by atoms with Gasteiger partial charge in [0.15, 0.2) is 0 Å². The third-order valence-electron chi connectivity index (χ3n) is 7.09. The molecule has 0 aromatic rings. The van der Waals surface area contributed by atoms with Crippen molar-refractivity contribution in [2.24, 2.45) is 0 Å². The van der Waals surface area contributed by atoms with Gasteiger partial charge in [-0.2, -0.15) is 0 Å². The van der Waals surface area contributed by atoms with E-state index in [-0.39, 0.29) is 24.1 Å². The van der Waals surface area contributed by atoms with Crippen LogP contribution in [0.1, 0.15) is 181 Å². The molecule has 0 heterocycles. The van der Waals surface area contributed by atoms with E-state index in [1.54, 1.807) is 0 Å². The molecule has 0 aliphatic rings. The molecule has 0 amide bonds. The first-order chi connectivity index (χ1) is 16.6. The molecule has 3 heteroatoms. The van der Waals surface area contributed by atoms with E-state index in [9.17, 15) is 14.7 Å². The largest absolute Gasteiger partial charge is 0.393 e. The van der Waals surface area contributed by atoms with E-state index in [0.717, 1.165) is 51.4 Å². The maximum Gasteiger partial charge on any atom is 0.140 e. The molecule has 0 aliphatic heterocycles. The summed E-state index contributed by atoms with van der Waals surface area (Å²) in [6.45, 7) is 4.49. The predicted molar refractivity (Wildman–Crippen MR) is 147 cm³/mol. The quantitative estimate of drug-likeness (QED) is 0.0895. The second-order valence-electron chi connectivity index (χ2n) is 10.7. The highest BCUT2D eigenvalue weighted by Gasteiger charge is 2.10. The van der Waals surface area contributed by atoms with Gasteiger partial charge in [-0.25, -0.2) is 0 Å². The van der Waals surface area contributed by atoms with Gasteiger partial charge in [-0.1, -0.05) is 136 Å².